The van der Waals surface area contributed by atoms with Crippen LogP contribution in [0.3, 0.4) is 0 Å². The van der Waals surface area contributed by atoms with Crippen molar-refractivity contribution in [2.24, 2.45) is 0 Å². The van der Waals surface area contributed by atoms with Gasteiger partial charge >= 0.3 is 0 Å². The van der Waals surface area contributed by atoms with E-state index in [1.54, 1.807) is 0 Å². The fourth-order valence-electron chi connectivity index (χ4n) is 4.50. The zero-order chi connectivity index (χ0) is 22.1. The number of hydrogen-bond acceptors (Lipinski definition) is 6. The Bertz CT molecular complexity index is 1270. The Kier molecular flexibility index (Phi) is 5.36. The van der Waals surface area contributed by atoms with Crippen LogP contribution < -0.4 is 21.3 Å². The number of anilines is 1. The van der Waals surface area contributed by atoms with E-state index in [1.165, 1.54) is 0 Å². The molecule has 8 nitrogen and oxygen atoms in total. The fourth-order valence-corrected chi connectivity index (χ4v) is 4.50. The van der Waals surface area contributed by atoms with Gasteiger partial charge in [0.1, 0.15) is 22.7 Å². The number of H-pyrrole nitrogens is 1. The first-order valence-electron chi connectivity index (χ1n) is 10.9. The molecule has 8 heteroatoms. The summed E-state index contributed by atoms with van der Waals surface area (Å²) in [5.74, 6) is 1.76. The summed E-state index contributed by atoms with van der Waals surface area (Å²) in [6.07, 6.45) is 3.99. The van der Waals surface area contributed by atoms with Gasteiger partial charge in [-0.25, -0.2) is 5.10 Å². The number of nitrogens with two attached hydrogens (primary N) is 1. The van der Waals surface area contributed by atoms with Crippen molar-refractivity contribution in [1.29, 1.82) is 0 Å². The third kappa shape index (κ3) is 3.73. The molecule has 0 spiro atoms. The standard InChI is InChI=1S/C24H26N6O2/c1-26-16-9-11-17(12-10-16)30-22-20(23(25)27-28-24(22)31)21(29-30)15-7-13-19(14-8-15)32-18-5-3-2-4-6-18/h2-8,13-14,16-17,26H,9-12H2,1H3,(H2,25,27)(H,28,31). The van der Waals surface area contributed by atoms with E-state index in [0.717, 1.165) is 42.7 Å². The van der Waals surface area contributed by atoms with E-state index in [1.807, 2.05) is 66.3 Å². The van der Waals surface area contributed by atoms with E-state index in [2.05, 4.69) is 15.5 Å². The van der Waals surface area contributed by atoms with E-state index in [4.69, 9.17) is 15.6 Å². The molecule has 0 saturated heterocycles. The fraction of sp³-hybridized carbons (Fsp3) is 0.292. The second-order valence-corrected chi connectivity index (χ2v) is 8.19. The lowest BCUT2D eigenvalue weighted by molar-refractivity contribution is 0.290. The van der Waals surface area contributed by atoms with Crippen LogP contribution in [-0.2, 0) is 0 Å². The average Bonchev–Trinajstić information content (AvgIpc) is 3.25. The number of aromatic nitrogens is 4. The Labute approximate surface area is 185 Å². The van der Waals surface area contributed by atoms with Gasteiger partial charge < -0.3 is 15.8 Å². The Morgan fingerprint density at radius 1 is 1.03 bits per heavy atom. The van der Waals surface area contributed by atoms with Gasteiger partial charge in [-0.2, -0.15) is 10.2 Å². The summed E-state index contributed by atoms with van der Waals surface area (Å²) >= 11 is 0. The lowest BCUT2D eigenvalue weighted by atomic mass is 9.91. The molecule has 1 aliphatic carbocycles. The molecule has 2 heterocycles. The van der Waals surface area contributed by atoms with Gasteiger partial charge in [0, 0.05) is 11.6 Å². The zero-order valence-electron chi connectivity index (χ0n) is 17.9. The molecule has 0 amide bonds. The Hall–Kier alpha value is -3.65. The monoisotopic (exact) mass is 430 g/mol. The molecule has 164 valence electrons. The number of hydrogen-bond donors (Lipinski definition) is 3. The summed E-state index contributed by atoms with van der Waals surface area (Å²) in [5.41, 5.74) is 7.96. The molecule has 4 N–H and O–H groups in total. The van der Waals surface area contributed by atoms with Crippen molar-refractivity contribution in [1.82, 2.24) is 25.3 Å². The van der Waals surface area contributed by atoms with Crippen LogP contribution in [0, 0.1) is 0 Å². The third-order valence-electron chi connectivity index (χ3n) is 6.22. The number of benzene rings is 2. The molecule has 5 rings (SSSR count). The average molecular weight is 431 g/mol. The van der Waals surface area contributed by atoms with E-state index >= 15 is 0 Å². The van der Waals surface area contributed by atoms with Crippen LogP contribution >= 0.6 is 0 Å². The van der Waals surface area contributed by atoms with Crippen molar-refractivity contribution in [2.75, 3.05) is 12.8 Å². The molecule has 1 aliphatic rings. The van der Waals surface area contributed by atoms with Crippen molar-refractivity contribution >= 4 is 16.7 Å². The number of aromatic amines is 1. The highest BCUT2D eigenvalue weighted by molar-refractivity contribution is 5.99. The largest absolute Gasteiger partial charge is 0.457 e. The van der Waals surface area contributed by atoms with Gasteiger partial charge in [-0.15, -0.1) is 0 Å². The minimum Gasteiger partial charge on any atom is -0.457 e. The van der Waals surface area contributed by atoms with Crippen LogP contribution in [0.1, 0.15) is 31.7 Å². The molecular formula is C24H26N6O2. The molecule has 0 bridgehead atoms. The molecule has 2 aromatic carbocycles. The smallest absolute Gasteiger partial charge is 0.290 e. The topological polar surface area (TPSA) is 111 Å². The maximum Gasteiger partial charge on any atom is 0.290 e. The first-order valence-corrected chi connectivity index (χ1v) is 10.9. The lowest BCUT2D eigenvalue weighted by Crippen LogP contribution is -2.31. The van der Waals surface area contributed by atoms with Crippen molar-refractivity contribution in [2.45, 2.75) is 37.8 Å². The summed E-state index contributed by atoms with van der Waals surface area (Å²) in [6.45, 7) is 0. The van der Waals surface area contributed by atoms with Gasteiger partial charge in [0.25, 0.3) is 5.56 Å². The van der Waals surface area contributed by atoms with Crippen molar-refractivity contribution < 1.29 is 4.74 Å². The molecule has 0 aliphatic heterocycles. The molecule has 1 fully saturated rings. The number of nitrogens with one attached hydrogen (secondary N) is 2. The molecule has 0 unspecified atom stereocenters. The SMILES string of the molecule is CNC1CCC(n2nc(-c3ccc(Oc4ccccc4)cc3)c3c(N)n[nH]c(=O)c32)CC1. The normalized spacial score (nSPS) is 18.7. The Morgan fingerprint density at radius 3 is 2.41 bits per heavy atom. The number of rotatable bonds is 5. The number of ether oxygens (including phenoxy) is 1. The molecule has 32 heavy (non-hydrogen) atoms. The highest BCUT2D eigenvalue weighted by Crippen LogP contribution is 2.36. The van der Waals surface area contributed by atoms with E-state index < -0.39 is 0 Å². The molecule has 4 aromatic rings. The second kappa shape index (κ2) is 8.47. The number of nitrogens with zero attached hydrogens (tertiary/aromatic N) is 3. The van der Waals surface area contributed by atoms with Crippen LogP contribution in [0.15, 0.2) is 59.4 Å². The molecule has 1 saturated carbocycles. The predicted molar refractivity (Wildman–Crippen MR) is 125 cm³/mol. The predicted octanol–water partition coefficient (Wildman–Crippen LogP) is 3.86. The van der Waals surface area contributed by atoms with Crippen LogP contribution in [-0.4, -0.2) is 33.1 Å². The van der Waals surface area contributed by atoms with Gasteiger partial charge in [0.05, 0.1) is 11.4 Å². The number of nitrogen functional groups attached to an aromatic ring is 1. The first-order chi connectivity index (χ1) is 15.6. The zero-order valence-corrected chi connectivity index (χ0v) is 17.9. The summed E-state index contributed by atoms with van der Waals surface area (Å²) < 4.78 is 7.76. The Balaban J connectivity index is 1.53. The van der Waals surface area contributed by atoms with Gasteiger partial charge in [-0.05, 0) is 69.1 Å². The minimum absolute atomic E-state index is 0.152. The van der Waals surface area contributed by atoms with Crippen LogP contribution in [0.4, 0.5) is 5.82 Å². The summed E-state index contributed by atoms with van der Waals surface area (Å²) in [6, 6.07) is 17.9. The van der Waals surface area contributed by atoms with Crippen LogP contribution in [0.2, 0.25) is 0 Å². The van der Waals surface area contributed by atoms with Gasteiger partial charge in [-0.1, -0.05) is 18.2 Å². The van der Waals surface area contributed by atoms with Crippen LogP contribution in [0.25, 0.3) is 22.2 Å². The minimum atomic E-state index is -0.271. The highest BCUT2D eigenvalue weighted by Gasteiger charge is 2.27. The van der Waals surface area contributed by atoms with Gasteiger partial charge in [0.15, 0.2) is 5.82 Å². The molecule has 0 atom stereocenters. The van der Waals surface area contributed by atoms with E-state index in [9.17, 15) is 4.79 Å². The van der Waals surface area contributed by atoms with E-state index in [-0.39, 0.29) is 17.4 Å². The quantitative estimate of drug-likeness (QED) is 0.443. The maximum atomic E-state index is 12.8. The Morgan fingerprint density at radius 2 is 1.72 bits per heavy atom. The highest BCUT2D eigenvalue weighted by atomic mass is 16.5. The van der Waals surface area contributed by atoms with Gasteiger partial charge in [0.2, 0.25) is 0 Å². The summed E-state index contributed by atoms with van der Waals surface area (Å²) in [7, 11) is 1.99. The van der Waals surface area contributed by atoms with E-state index in [0.29, 0.717) is 22.6 Å². The van der Waals surface area contributed by atoms with Crippen LogP contribution in [0.5, 0.6) is 11.5 Å². The van der Waals surface area contributed by atoms with Crippen molar-refractivity contribution in [3.8, 4) is 22.8 Å². The first kappa shape index (κ1) is 20.3. The number of para-hydroxylation sites is 1. The summed E-state index contributed by atoms with van der Waals surface area (Å²) in [5, 5.41) is 15.4. The molecule has 0 radical (unpaired) electrons. The lowest BCUT2D eigenvalue weighted by Gasteiger charge is -2.28. The van der Waals surface area contributed by atoms with Crippen molar-refractivity contribution in [3.63, 3.8) is 0 Å². The molecular weight excluding hydrogens is 404 g/mol. The third-order valence-corrected chi connectivity index (χ3v) is 6.22. The summed E-state index contributed by atoms with van der Waals surface area (Å²) in [4.78, 5) is 12.8. The molecule has 2 aromatic heterocycles. The maximum absolute atomic E-state index is 12.8. The number of fused-ring (bicyclic) bond motifs is 1. The second-order valence-electron chi connectivity index (χ2n) is 8.19. The van der Waals surface area contributed by atoms with Crippen molar-refractivity contribution in [3.05, 3.63) is 65.0 Å². The van der Waals surface area contributed by atoms with Gasteiger partial charge in [-0.3, -0.25) is 9.48 Å².